The molecule has 0 spiro atoms. The maximum absolute atomic E-state index is 8.77. The quantitative estimate of drug-likeness (QED) is 0.833. The minimum Gasteiger partial charge on any atom is -0.366 e. The van der Waals surface area contributed by atoms with Gasteiger partial charge in [0, 0.05) is 31.2 Å². The standard InChI is InChI=1S/C15H14ClN3/c16-15-11-18-9-7-13(15)12-19(10-4-8-17)14-5-2-1-3-6-14/h1-3,5-7,9,11H,4,10,12H2. The normalized spacial score (nSPS) is 9.89. The Morgan fingerprint density at radius 2 is 2.00 bits per heavy atom. The molecular weight excluding hydrogens is 258 g/mol. The lowest BCUT2D eigenvalue weighted by atomic mass is 10.2. The Morgan fingerprint density at radius 1 is 1.21 bits per heavy atom. The average molecular weight is 272 g/mol. The number of hydrogen-bond donors (Lipinski definition) is 0. The SMILES string of the molecule is N#CCCN(Cc1ccncc1Cl)c1ccccc1. The van der Waals surface area contributed by atoms with Crippen LogP contribution in [0.15, 0.2) is 48.8 Å². The lowest BCUT2D eigenvalue weighted by Gasteiger charge is -2.24. The van der Waals surface area contributed by atoms with E-state index in [-0.39, 0.29) is 0 Å². The van der Waals surface area contributed by atoms with E-state index in [0.717, 1.165) is 11.3 Å². The zero-order valence-electron chi connectivity index (χ0n) is 10.5. The van der Waals surface area contributed by atoms with Gasteiger partial charge in [0.25, 0.3) is 0 Å². The van der Waals surface area contributed by atoms with Crippen molar-refractivity contribution >= 4 is 17.3 Å². The molecule has 1 aromatic carbocycles. The van der Waals surface area contributed by atoms with Crippen LogP contribution < -0.4 is 4.90 Å². The van der Waals surface area contributed by atoms with E-state index in [9.17, 15) is 0 Å². The van der Waals surface area contributed by atoms with Gasteiger partial charge >= 0.3 is 0 Å². The van der Waals surface area contributed by atoms with Gasteiger partial charge in [0.2, 0.25) is 0 Å². The molecular formula is C15H14ClN3. The van der Waals surface area contributed by atoms with Crippen molar-refractivity contribution in [1.82, 2.24) is 4.98 Å². The second kappa shape index (κ2) is 6.77. The molecule has 0 fully saturated rings. The smallest absolute Gasteiger partial charge is 0.0640 e. The molecule has 0 atom stereocenters. The first-order valence-electron chi connectivity index (χ1n) is 6.06. The van der Waals surface area contributed by atoms with Gasteiger partial charge in [0.15, 0.2) is 0 Å². The lowest BCUT2D eigenvalue weighted by Crippen LogP contribution is -2.23. The first-order chi connectivity index (χ1) is 9.31. The van der Waals surface area contributed by atoms with Crippen LogP contribution >= 0.6 is 11.6 Å². The predicted octanol–water partition coefficient (Wildman–Crippen LogP) is 3.66. The fraction of sp³-hybridized carbons (Fsp3) is 0.200. The van der Waals surface area contributed by atoms with Crippen molar-refractivity contribution in [3.8, 4) is 6.07 Å². The van der Waals surface area contributed by atoms with Crippen LogP contribution in [-0.2, 0) is 6.54 Å². The summed E-state index contributed by atoms with van der Waals surface area (Å²) in [4.78, 5) is 6.13. The van der Waals surface area contributed by atoms with Crippen LogP contribution in [0.25, 0.3) is 0 Å². The van der Waals surface area contributed by atoms with Crippen molar-refractivity contribution in [2.24, 2.45) is 0 Å². The summed E-state index contributed by atoms with van der Waals surface area (Å²) < 4.78 is 0. The van der Waals surface area contributed by atoms with Gasteiger partial charge in [-0.05, 0) is 23.8 Å². The maximum Gasteiger partial charge on any atom is 0.0640 e. The van der Waals surface area contributed by atoms with Crippen LogP contribution in [0.1, 0.15) is 12.0 Å². The number of nitrogens with zero attached hydrogens (tertiary/aromatic N) is 3. The van der Waals surface area contributed by atoms with Crippen LogP contribution in [0.4, 0.5) is 5.69 Å². The summed E-state index contributed by atoms with van der Waals surface area (Å²) in [7, 11) is 0. The van der Waals surface area contributed by atoms with Gasteiger partial charge in [-0.1, -0.05) is 29.8 Å². The average Bonchev–Trinajstić information content (AvgIpc) is 2.46. The Labute approximate surface area is 118 Å². The molecule has 0 amide bonds. The van der Waals surface area contributed by atoms with Gasteiger partial charge in [0.1, 0.15) is 0 Å². The van der Waals surface area contributed by atoms with Crippen LogP contribution in [-0.4, -0.2) is 11.5 Å². The molecule has 0 saturated heterocycles. The topological polar surface area (TPSA) is 39.9 Å². The summed E-state index contributed by atoms with van der Waals surface area (Å²) in [5, 5.41) is 9.42. The number of benzene rings is 1. The largest absolute Gasteiger partial charge is 0.366 e. The maximum atomic E-state index is 8.77. The van der Waals surface area contributed by atoms with Gasteiger partial charge in [-0.3, -0.25) is 4.98 Å². The Hall–Kier alpha value is -2.05. The van der Waals surface area contributed by atoms with E-state index in [4.69, 9.17) is 16.9 Å². The second-order valence-electron chi connectivity index (χ2n) is 4.13. The van der Waals surface area contributed by atoms with E-state index in [0.29, 0.717) is 24.5 Å². The second-order valence-corrected chi connectivity index (χ2v) is 4.54. The fourth-order valence-electron chi connectivity index (χ4n) is 1.86. The van der Waals surface area contributed by atoms with Gasteiger partial charge < -0.3 is 4.90 Å². The molecule has 0 unspecified atom stereocenters. The first kappa shape index (κ1) is 13.4. The molecule has 0 saturated carbocycles. The zero-order chi connectivity index (χ0) is 13.5. The Bertz CT molecular complexity index is 563. The highest BCUT2D eigenvalue weighted by atomic mass is 35.5. The molecule has 0 aliphatic rings. The zero-order valence-corrected chi connectivity index (χ0v) is 11.2. The van der Waals surface area contributed by atoms with Crippen molar-refractivity contribution in [2.45, 2.75) is 13.0 Å². The third kappa shape index (κ3) is 3.70. The Kier molecular flexibility index (Phi) is 4.77. The third-order valence-corrected chi connectivity index (χ3v) is 3.17. The number of halogens is 1. The van der Waals surface area contributed by atoms with Crippen LogP contribution in [0.5, 0.6) is 0 Å². The van der Waals surface area contributed by atoms with Crippen LogP contribution in [0.2, 0.25) is 5.02 Å². The van der Waals surface area contributed by atoms with Crippen LogP contribution in [0, 0.1) is 11.3 Å². The summed E-state index contributed by atoms with van der Waals surface area (Å²) in [5.74, 6) is 0. The molecule has 3 nitrogen and oxygen atoms in total. The minimum absolute atomic E-state index is 0.484. The number of para-hydroxylation sites is 1. The molecule has 4 heteroatoms. The molecule has 0 aliphatic carbocycles. The highest BCUT2D eigenvalue weighted by molar-refractivity contribution is 6.31. The Balaban J connectivity index is 2.20. The lowest BCUT2D eigenvalue weighted by molar-refractivity contribution is 0.797. The van der Waals surface area contributed by atoms with E-state index in [1.54, 1.807) is 12.4 Å². The van der Waals surface area contributed by atoms with Crippen molar-refractivity contribution in [3.63, 3.8) is 0 Å². The van der Waals surface area contributed by atoms with Crippen molar-refractivity contribution in [1.29, 1.82) is 5.26 Å². The van der Waals surface area contributed by atoms with E-state index >= 15 is 0 Å². The van der Waals surface area contributed by atoms with Crippen molar-refractivity contribution < 1.29 is 0 Å². The highest BCUT2D eigenvalue weighted by Crippen LogP contribution is 2.21. The van der Waals surface area contributed by atoms with E-state index in [1.165, 1.54) is 0 Å². The molecule has 1 heterocycles. The van der Waals surface area contributed by atoms with Crippen LogP contribution in [0.3, 0.4) is 0 Å². The molecule has 0 N–H and O–H groups in total. The molecule has 2 aromatic rings. The summed E-state index contributed by atoms with van der Waals surface area (Å²) in [5.41, 5.74) is 2.10. The molecule has 19 heavy (non-hydrogen) atoms. The highest BCUT2D eigenvalue weighted by Gasteiger charge is 2.09. The summed E-state index contributed by atoms with van der Waals surface area (Å²) >= 11 is 6.14. The summed E-state index contributed by atoms with van der Waals surface area (Å²) in [6.45, 7) is 1.35. The number of nitriles is 1. The van der Waals surface area contributed by atoms with Gasteiger partial charge in [-0.25, -0.2) is 0 Å². The number of pyridine rings is 1. The molecule has 96 valence electrons. The number of anilines is 1. The fourth-order valence-corrected chi connectivity index (χ4v) is 2.04. The van der Waals surface area contributed by atoms with Gasteiger partial charge in [-0.15, -0.1) is 0 Å². The van der Waals surface area contributed by atoms with E-state index in [2.05, 4.69) is 16.0 Å². The Morgan fingerprint density at radius 3 is 2.68 bits per heavy atom. The molecule has 0 aliphatic heterocycles. The van der Waals surface area contributed by atoms with Crippen molar-refractivity contribution in [3.05, 3.63) is 59.4 Å². The number of aromatic nitrogens is 1. The minimum atomic E-state index is 0.484. The van der Waals surface area contributed by atoms with E-state index in [1.807, 2.05) is 36.4 Å². The number of rotatable bonds is 5. The molecule has 0 bridgehead atoms. The molecule has 0 radical (unpaired) electrons. The monoisotopic (exact) mass is 271 g/mol. The molecule has 2 rings (SSSR count). The third-order valence-electron chi connectivity index (χ3n) is 2.83. The predicted molar refractivity (Wildman–Crippen MR) is 77.0 cm³/mol. The number of hydrogen-bond acceptors (Lipinski definition) is 3. The van der Waals surface area contributed by atoms with Crippen molar-refractivity contribution in [2.75, 3.05) is 11.4 Å². The van der Waals surface area contributed by atoms with E-state index < -0.39 is 0 Å². The first-order valence-corrected chi connectivity index (χ1v) is 6.44. The summed E-state index contributed by atoms with van der Waals surface area (Å²) in [6, 6.07) is 14.1. The van der Waals surface area contributed by atoms with Gasteiger partial charge in [-0.2, -0.15) is 5.26 Å². The van der Waals surface area contributed by atoms with Gasteiger partial charge in [0.05, 0.1) is 17.5 Å². The summed E-state index contributed by atoms with van der Waals surface area (Å²) in [6.07, 6.45) is 3.86. The molecule has 1 aromatic heterocycles.